The maximum Gasteiger partial charge on any atom is 0.240 e. The van der Waals surface area contributed by atoms with E-state index in [2.05, 4.69) is 20.7 Å². The fourth-order valence-corrected chi connectivity index (χ4v) is 4.43. The number of sulfonamides is 1. The Morgan fingerprint density at radius 2 is 1.78 bits per heavy atom. The SMILES string of the molecule is O=S(=O)(N[C@@H]1CCCC[C@H]1Br)c1ccc(Cl)cc1. The molecule has 1 fully saturated rings. The molecule has 2 atom stereocenters. The highest BCUT2D eigenvalue weighted by atomic mass is 79.9. The van der Waals surface area contributed by atoms with E-state index >= 15 is 0 Å². The maximum absolute atomic E-state index is 12.2. The number of alkyl halides is 1. The zero-order valence-corrected chi connectivity index (χ0v) is 12.9. The second-order valence-electron chi connectivity index (χ2n) is 4.48. The van der Waals surface area contributed by atoms with Gasteiger partial charge < -0.3 is 0 Å². The third-order valence-corrected chi connectivity index (χ3v) is 5.97. The summed E-state index contributed by atoms with van der Waals surface area (Å²) in [6.07, 6.45) is 4.10. The molecule has 0 aromatic heterocycles. The first kappa shape index (κ1) is 14.3. The van der Waals surface area contributed by atoms with Crippen LogP contribution in [0.1, 0.15) is 25.7 Å². The van der Waals surface area contributed by atoms with Crippen molar-refractivity contribution < 1.29 is 8.42 Å². The van der Waals surface area contributed by atoms with Crippen molar-refractivity contribution in [1.29, 1.82) is 0 Å². The van der Waals surface area contributed by atoms with E-state index in [1.807, 2.05) is 0 Å². The molecule has 0 spiro atoms. The molecule has 1 N–H and O–H groups in total. The highest BCUT2D eigenvalue weighted by Crippen LogP contribution is 2.26. The monoisotopic (exact) mass is 351 g/mol. The molecule has 0 bridgehead atoms. The fourth-order valence-electron chi connectivity index (χ4n) is 2.10. The van der Waals surface area contributed by atoms with Gasteiger partial charge in [-0.2, -0.15) is 0 Å². The van der Waals surface area contributed by atoms with Crippen LogP contribution in [0.5, 0.6) is 0 Å². The zero-order valence-electron chi connectivity index (χ0n) is 9.77. The van der Waals surface area contributed by atoms with E-state index in [1.165, 1.54) is 12.1 Å². The van der Waals surface area contributed by atoms with Crippen LogP contribution in [0, 0.1) is 0 Å². The van der Waals surface area contributed by atoms with Gasteiger partial charge in [-0.05, 0) is 37.1 Å². The van der Waals surface area contributed by atoms with E-state index in [1.54, 1.807) is 12.1 Å². The standard InChI is InChI=1S/C12H15BrClNO2S/c13-11-3-1-2-4-12(11)15-18(16,17)10-7-5-9(14)6-8-10/h5-8,11-12,15H,1-4H2/t11-,12-/m1/s1. The van der Waals surface area contributed by atoms with Gasteiger partial charge in [0, 0.05) is 15.9 Å². The molecular weight excluding hydrogens is 338 g/mol. The van der Waals surface area contributed by atoms with Gasteiger partial charge in [0.05, 0.1) is 4.90 Å². The molecule has 2 rings (SSSR count). The molecule has 3 nitrogen and oxygen atoms in total. The molecule has 18 heavy (non-hydrogen) atoms. The lowest BCUT2D eigenvalue weighted by Crippen LogP contribution is -2.42. The third-order valence-electron chi connectivity index (χ3n) is 3.11. The maximum atomic E-state index is 12.2. The van der Waals surface area contributed by atoms with E-state index in [4.69, 9.17) is 11.6 Å². The number of halogens is 2. The largest absolute Gasteiger partial charge is 0.240 e. The molecule has 1 aliphatic rings. The number of benzene rings is 1. The van der Waals surface area contributed by atoms with Gasteiger partial charge in [-0.3, -0.25) is 0 Å². The predicted octanol–water partition coefficient (Wildman–Crippen LogP) is 3.32. The normalized spacial score (nSPS) is 25.0. The molecule has 0 aliphatic heterocycles. The van der Waals surface area contributed by atoms with Crippen LogP contribution in [0.2, 0.25) is 5.02 Å². The van der Waals surface area contributed by atoms with Crippen molar-refractivity contribution in [1.82, 2.24) is 4.72 Å². The van der Waals surface area contributed by atoms with Crippen molar-refractivity contribution in [3.63, 3.8) is 0 Å². The van der Waals surface area contributed by atoms with E-state index in [0.29, 0.717) is 5.02 Å². The summed E-state index contributed by atoms with van der Waals surface area (Å²) in [6.45, 7) is 0. The highest BCUT2D eigenvalue weighted by molar-refractivity contribution is 9.09. The Morgan fingerprint density at radius 1 is 1.17 bits per heavy atom. The quantitative estimate of drug-likeness (QED) is 0.848. The molecule has 1 aliphatic carbocycles. The summed E-state index contributed by atoms with van der Waals surface area (Å²) in [4.78, 5) is 0.477. The summed E-state index contributed by atoms with van der Waals surface area (Å²) < 4.78 is 27.1. The van der Waals surface area contributed by atoms with E-state index in [0.717, 1.165) is 25.7 Å². The second kappa shape index (κ2) is 5.90. The lowest BCUT2D eigenvalue weighted by atomic mass is 9.96. The van der Waals surface area contributed by atoms with Gasteiger partial charge in [0.25, 0.3) is 0 Å². The zero-order chi connectivity index (χ0) is 13.2. The summed E-state index contributed by atoms with van der Waals surface area (Å²) in [5, 5.41) is 0.532. The van der Waals surface area contributed by atoms with E-state index in [-0.39, 0.29) is 15.8 Å². The third kappa shape index (κ3) is 3.47. The van der Waals surface area contributed by atoms with Crippen LogP contribution in [0.25, 0.3) is 0 Å². The van der Waals surface area contributed by atoms with Crippen LogP contribution in [0.3, 0.4) is 0 Å². The average molecular weight is 353 g/mol. The Hall–Kier alpha value is -0.100. The molecule has 0 amide bonds. The number of rotatable bonds is 3. The molecule has 1 aromatic rings. The second-order valence-corrected chi connectivity index (χ2v) is 7.81. The number of hydrogen-bond acceptors (Lipinski definition) is 2. The van der Waals surface area contributed by atoms with Gasteiger partial charge in [0.2, 0.25) is 10.0 Å². The number of hydrogen-bond donors (Lipinski definition) is 1. The lowest BCUT2D eigenvalue weighted by Gasteiger charge is -2.27. The summed E-state index contributed by atoms with van der Waals surface area (Å²) in [5.41, 5.74) is 0. The van der Waals surface area contributed by atoms with Crippen LogP contribution < -0.4 is 4.72 Å². The topological polar surface area (TPSA) is 46.2 Å². The average Bonchev–Trinajstić information content (AvgIpc) is 2.32. The molecule has 0 radical (unpaired) electrons. The van der Waals surface area contributed by atoms with Crippen LogP contribution in [-0.4, -0.2) is 19.3 Å². The molecular formula is C12H15BrClNO2S. The summed E-state index contributed by atoms with van der Waals surface area (Å²) >= 11 is 9.30. The van der Waals surface area contributed by atoms with Gasteiger partial charge in [-0.1, -0.05) is 40.4 Å². The molecule has 0 unspecified atom stereocenters. The molecule has 1 saturated carbocycles. The Kier molecular flexibility index (Phi) is 4.69. The molecule has 0 heterocycles. The van der Waals surface area contributed by atoms with Gasteiger partial charge in [0.15, 0.2) is 0 Å². The fraction of sp³-hybridized carbons (Fsp3) is 0.500. The van der Waals surface area contributed by atoms with Crippen LogP contribution >= 0.6 is 27.5 Å². The molecule has 1 aromatic carbocycles. The molecule has 6 heteroatoms. The van der Waals surface area contributed by atoms with Gasteiger partial charge in [-0.15, -0.1) is 0 Å². The van der Waals surface area contributed by atoms with Gasteiger partial charge in [-0.25, -0.2) is 13.1 Å². The minimum absolute atomic E-state index is 0.0283. The van der Waals surface area contributed by atoms with Crippen LogP contribution in [-0.2, 0) is 10.0 Å². The predicted molar refractivity (Wildman–Crippen MR) is 76.7 cm³/mol. The lowest BCUT2D eigenvalue weighted by molar-refractivity contribution is 0.427. The van der Waals surface area contributed by atoms with E-state index < -0.39 is 10.0 Å². The van der Waals surface area contributed by atoms with Gasteiger partial charge in [0.1, 0.15) is 0 Å². The van der Waals surface area contributed by atoms with Crippen LogP contribution in [0.4, 0.5) is 0 Å². The van der Waals surface area contributed by atoms with Gasteiger partial charge >= 0.3 is 0 Å². The van der Waals surface area contributed by atoms with Crippen molar-refractivity contribution >= 4 is 37.6 Å². The highest BCUT2D eigenvalue weighted by Gasteiger charge is 2.27. The summed E-state index contributed by atoms with van der Waals surface area (Å²) in [5.74, 6) is 0. The minimum atomic E-state index is -3.45. The smallest absolute Gasteiger partial charge is 0.207 e. The van der Waals surface area contributed by atoms with Crippen molar-refractivity contribution in [3.05, 3.63) is 29.3 Å². The first-order chi connectivity index (χ1) is 8.49. The van der Waals surface area contributed by atoms with Crippen molar-refractivity contribution in [2.24, 2.45) is 0 Å². The van der Waals surface area contributed by atoms with E-state index in [9.17, 15) is 8.42 Å². The summed E-state index contributed by atoms with van der Waals surface area (Å²) in [6, 6.07) is 6.19. The Balaban J connectivity index is 2.13. The Bertz CT molecular complexity index is 503. The first-order valence-electron chi connectivity index (χ1n) is 5.91. The minimum Gasteiger partial charge on any atom is -0.207 e. The molecule has 0 saturated heterocycles. The van der Waals surface area contributed by atoms with Crippen molar-refractivity contribution in [2.75, 3.05) is 0 Å². The Labute approximate surface area is 121 Å². The van der Waals surface area contributed by atoms with Crippen molar-refractivity contribution in [2.45, 2.75) is 41.4 Å². The number of nitrogens with one attached hydrogen (secondary N) is 1. The molecule has 100 valence electrons. The Morgan fingerprint density at radius 3 is 2.39 bits per heavy atom. The van der Waals surface area contributed by atoms with Crippen LogP contribution in [0.15, 0.2) is 29.2 Å². The van der Waals surface area contributed by atoms with Crippen molar-refractivity contribution in [3.8, 4) is 0 Å². The first-order valence-corrected chi connectivity index (χ1v) is 8.69. The summed E-state index contributed by atoms with van der Waals surface area (Å²) in [7, 11) is -3.45.